The van der Waals surface area contributed by atoms with Crippen LogP contribution in [0.3, 0.4) is 0 Å². The van der Waals surface area contributed by atoms with Crippen molar-refractivity contribution in [3.05, 3.63) is 29.3 Å². The second kappa shape index (κ2) is 7.12. The van der Waals surface area contributed by atoms with Crippen molar-refractivity contribution < 1.29 is 4.74 Å². The molecule has 104 valence electrons. The first kappa shape index (κ1) is 14.6. The molecule has 2 rings (SSSR count). The van der Waals surface area contributed by atoms with E-state index >= 15 is 0 Å². The van der Waals surface area contributed by atoms with Crippen molar-refractivity contribution in [2.75, 3.05) is 31.7 Å². The Labute approximate surface area is 124 Å². The second-order valence-corrected chi connectivity index (χ2v) is 6.31. The Morgan fingerprint density at radius 2 is 2.26 bits per heavy atom. The molecule has 19 heavy (non-hydrogen) atoms. The molecule has 0 unspecified atom stereocenters. The molecule has 0 aromatic heterocycles. The van der Waals surface area contributed by atoms with Gasteiger partial charge >= 0.3 is 0 Å². The molecule has 1 aromatic rings. The van der Waals surface area contributed by atoms with E-state index in [0.717, 1.165) is 24.4 Å². The van der Waals surface area contributed by atoms with Gasteiger partial charge in [-0.3, -0.25) is 4.90 Å². The molecule has 1 heterocycles. The number of hydrogen-bond donors (Lipinski definition) is 1. The van der Waals surface area contributed by atoms with E-state index in [1.807, 2.05) is 23.9 Å². The minimum atomic E-state index is 0.384. The van der Waals surface area contributed by atoms with Gasteiger partial charge in [0.1, 0.15) is 10.7 Å². The summed E-state index contributed by atoms with van der Waals surface area (Å²) >= 11 is 7.07. The fourth-order valence-electron chi connectivity index (χ4n) is 2.25. The Kier molecular flexibility index (Phi) is 5.48. The highest BCUT2D eigenvalue weighted by atomic mass is 32.2. The van der Waals surface area contributed by atoms with E-state index in [-0.39, 0.29) is 0 Å². The summed E-state index contributed by atoms with van der Waals surface area (Å²) < 4.78 is 5.37. The van der Waals surface area contributed by atoms with Crippen molar-refractivity contribution in [3.8, 4) is 5.75 Å². The van der Waals surface area contributed by atoms with Gasteiger partial charge in [-0.05, 0) is 36.4 Å². The molecule has 1 saturated heterocycles. The molecule has 1 aliphatic rings. The number of ether oxygens (including phenoxy) is 1. The van der Waals surface area contributed by atoms with E-state index in [0.29, 0.717) is 4.99 Å². The third-order valence-electron chi connectivity index (χ3n) is 3.25. The van der Waals surface area contributed by atoms with Crippen LogP contribution >= 0.6 is 24.0 Å². The molecule has 0 saturated carbocycles. The van der Waals surface area contributed by atoms with Crippen molar-refractivity contribution in [2.45, 2.75) is 13.0 Å². The predicted octanol–water partition coefficient (Wildman–Crippen LogP) is 2.27. The van der Waals surface area contributed by atoms with Gasteiger partial charge in [0.05, 0.1) is 12.7 Å². The number of thiocarbonyl (C=S) groups is 1. The first-order chi connectivity index (χ1) is 9.20. The number of rotatable bonds is 4. The van der Waals surface area contributed by atoms with Crippen molar-refractivity contribution in [3.63, 3.8) is 0 Å². The number of benzene rings is 1. The van der Waals surface area contributed by atoms with Crippen LogP contribution in [0.15, 0.2) is 18.2 Å². The van der Waals surface area contributed by atoms with E-state index in [1.165, 1.54) is 30.0 Å². The molecule has 1 fully saturated rings. The maximum Gasteiger partial charge on any atom is 0.129 e. The smallest absolute Gasteiger partial charge is 0.129 e. The van der Waals surface area contributed by atoms with Gasteiger partial charge in [0.25, 0.3) is 0 Å². The van der Waals surface area contributed by atoms with Crippen LogP contribution in [-0.4, -0.2) is 41.6 Å². The van der Waals surface area contributed by atoms with E-state index in [2.05, 4.69) is 11.0 Å². The van der Waals surface area contributed by atoms with Gasteiger partial charge in [-0.2, -0.15) is 11.8 Å². The zero-order valence-electron chi connectivity index (χ0n) is 11.2. The number of methoxy groups -OCH3 is 1. The fraction of sp³-hybridized carbons (Fsp3) is 0.500. The first-order valence-electron chi connectivity index (χ1n) is 6.47. The van der Waals surface area contributed by atoms with Gasteiger partial charge in [-0.25, -0.2) is 0 Å². The number of hydrogen-bond acceptors (Lipinski definition) is 4. The molecule has 0 spiro atoms. The van der Waals surface area contributed by atoms with Gasteiger partial charge in [-0.1, -0.05) is 18.3 Å². The molecule has 0 bridgehead atoms. The number of nitrogens with two attached hydrogens (primary N) is 1. The highest BCUT2D eigenvalue weighted by molar-refractivity contribution is 7.99. The summed E-state index contributed by atoms with van der Waals surface area (Å²) in [4.78, 5) is 2.88. The topological polar surface area (TPSA) is 38.5 Å². The lowest BCUT2D eigenvalue weighted by molar-refractivity contribution is 0.287. The highest BCUT2D eigenvalue weighted by Crippen LogP contribution is 2.22. The third-order valence-corrected chi connectivity index (χ3v) is 4.52. The fourth-order valence-corrected chi connectivity index (χ4v) is 3.34. The van der Waals surface area contributed by atoms with Crippen molar-refractivity contribution in [1.29, 1.82) is 0 Å². The summed E-state index contributed by atoms with van der Waals surface area (Å²) in [5, 5.41) is 0. The van der Waals surface area contributed by atoms with Gasteiger partial charge in [0.2, 0.25) is 0 Å². The molecule has 2 N–H and O–H groups in total. The van der Waals surface area contributed by atoms with E-state index in [4.69, 9.17) is 22.7 Å². The Bertz CT molecular complexity index is 443. The largest absolute Gasteiger partial charge is 0.496 e. The minimum Gasteiger partial charge on any atom is -0.496 e. The van der Waals surface area contributed by atoms with Crippen LogP contribution in [0.5, 0.6) is 5.75 Å². The third kappa shape index (κ3) is 4.09. The summed E-state index contributed by atoms with van der Waals surface area (Å²) in [7, 11) is 1.66. The quantitative estimate of drug-likeness (QED) is 0.863. The molecular formula is C14H20N2OS2. The van der Waals surface area contributed by atoms with E-state index in [9.17, 15) is 0 Å². The van der Waals surface area contributed by atoms with Gasteiger partial charge < -0.3 is 10.5 Å². The van der Waals surface area contributed by atoms with Crippen LogP contribution < -0.4 is 10.5 Å². The summed E-state index contributed by atoms with van der Waals surface area (Å²) in [6, 6.07) is 6.10. The van der Waals surface area contributed by atoms with Crippen LogP contribution in [0.4, 0.5) is 0 Å². The van der Waals surface area contributed by atoms with E-state index in [1.54, 1.807) is 7.11 Å². The van der Waals surface area contributed by atoms with Crippen molar-refractivity contribution >= 4 is 29.0 Å². The normalized spacial score (nSPS) is 16.9. The number of nitrogens with zero attached hydrogens (tertiary/aromatic N) is 1. The molecule has 1 aliphatic heterocycles. The zero-order valence-corrected chi connectivity index (χ0v) is 12.9. The second-order valence-electron chi connectivity index (χ2n) is 4.64. The maximum atomic E-state index is 5.68. The Morgan fingerprint density at radius 3 is 3.00 bits per heavy atom. The van der Waals surface area contributed by atoms with Crippen molar-refractivity contribution in [1.82, 2.24) is 4.90 Å². The molecule has 0 atom stereocenters. The lowest BCUT2D eigenvalue weighted by atomic mass is 10.1. The van der Waals surface area contributed by atoms with Crippen molar-refractivity contribution in [2.24, 2.45) is 5.73 Å². The zero-order chi connectivity index (χ0) is 13.7. The summed E-state index contributed by atoms with van der Waals surface area (Å²) in [5.74, 6) is 3.27. The van der Waals surface area contributed by atoms with Crippen LogP contribution in [0, 0.1) is 0 Å². The predicted molar refractivity (Wildman–Crippen MR) is 86.1 cm³/mol. The van der Waals surface area contributed by atoms with Crippen LogP contribution in [0.25, 0.3) is 0 Å². The minimum absolute atomic E-state index is 0.384. The van der Waals surface area contributed by atoms with Gasteiger partial charge in [-0.15, -0.1) is 0 Å². The van der Waals surface area contributed by atoms with Crippen LogP contribution in [0.1, 0.15) is 17.5 Å². The highest BCUT2D eigenvalue weighted by Gasteiger charge is 2.12. The summed E-state index contributed by atoms with van der Waals surface area (Å²) in [6.07, 6.45) is 1.27. The summed E-state index contributed by atoms with van der Waals surface area (Å²) in [5.41, 5.74) is 7.75. The van der Waals surface area contributed by atoms with Gasteiger partial charge in [0.15, 0.2) is 0 Å². The Balaban J connectivity index is 2.09. The summed E-state index contributed by atoms with van der Waals surface area (Å²) in [6.45, 7) is 3.30. The molecule has 0 aliphatic carbocycles. The van der Waals surface area contributed by atoms with E-state index < -0.39 is 0 Å². The van der Waals surface area contributed by atoms with Crippen LogP contribution in [0.2, 0.25) is 0 Å². The molecule has 3 nitrogen and oxygen atoms in total. The standard InChI is InChI=1S/C14H20N2OS2/c1-17-13-9-11(3-4-12(13)14(15)18)10-16-5-2-7-19-8-6-16/h3-4,9H,2,5-8,10H2,1H3,(H2,15,18). The molecule has 0 amide bonds. The molecule has 1 aromatic carbocycles. The van der Waals surface area contributed by atoms with Gasteiger partial charge in [0, 0.05) is 18.8 Å². The SMILES string of the molecule is COc1cc(CN2CCCSCC2)ccc1C(N)=S. The average Bonchev–Trinajstić information content (AvgIpc) is 2.67. The Hall–Kier alpha value is -0.780. The molecule has 0 radical (unpaired) electrons. The molecule has 5 heteroatoms. The first-order valence-corrected chi connectivity index (χ1v) is 8.04. The lowest BCUT2D eigenvalue weighted by Gasteiger charge is -2.20. The maximum absolute atomic E-state index is 5.68. The monoisotopic (exact) mass is 296 g/mol. The molecular weight excluding hydrogens is 276 g/mol. The number of thioether (sulfide) groups is 1. The lowest BCUT2D eigenvalue weighted by Crippen LogP contribution is -2.25. The average molecular weight is 296 g/mol. The Morgan fingerprint density at radius 1 is 1.42 bits per heavy atom. The van der Waals surface area contributed by atoms with Crippen LogP contribution in [-0.2, 0) is 6.54 Å².